The van der Waals surface area contributed by atoms with Crippen molar-refractivity contribution < 1.29 is 19.1 Å². The average Bonchev–Trinajstić information content (AvgIpc) is 3.09. The lowest BCUT2D eigenvalue weighted by molar-refractivity contribution is -0.148. The van der Waals surface area contributed by atoms with Crippen LogP contribution in [0.15, 0.2) is 22.8 Å². The molecule has 0 spiro atoms. The van der Waals surface area contributed by atoms with Crippen LogP contribution in [0.4, 0.5) is 4.79 Å². The number of carbonyl (C=O) groups excluding carboxylic acids is 1. The SMILES string of the molecule is CCCC1(C(=O)O)CCN(C(=O)NCCc2ccco2)C1. The summed E-state index contributed by atoms with van der Waals surface area (Å²) >= 11 is 0. The van der Waals surface area contributed by atoms with Crippen molar-refractivity contribution in [1.29, 1.82) is 0 Å². The van der Waals surface area contributed by atoms with Gasteiger partial charge in [-0.15, -0.1) is 0 Å². The Morgan fingerprint density at radius 1 is 1.52 bits per heavy atom. The fourth-order valence-electron chi connectivity index (χ4n) is 2.87. The van der Waals surface area contributed by atoms with Crippen molar-refractivity contribution in [2.45, 2.75) is 32.6 Å². The van der Waals surface area contributed by atoms with Crippen LogP contribution in [0.2, 0.25) is 0 Å². The number of rotatable bonds is 6. The minimum atomic E-state index is -0.796. The molecule has 2 rings (SSSR count). The van der Waals surface area contributed by atoms with Gasteiger partial charge in [-0.05, 0) is 25.0 Å². The molecule has 1 aliphatic heterocycles. The van der Waals surface area contributed by atoms with Crippen molar-refractivity contribution in [1.82, 2.24) is 10.2 Å². The van der Waals surface area contributed by atoms with Gasteiger partial charge >= 0.3 is 12.0 Å². The predicted molar refractivity (Wildman–Crippen MR) is 77.0 cm³/mol. The molecule has 1 aromatic heterocycles. The van der Waals surface area contributed by atoms with Crippen molar-refractivity contribution in [3.8, 4) is 0 Å². The zero-order valence-corrected chi connectivity index (χ0v) is 12.3. The zero-order chi connectivity index (χ0) is 15.3. The number of hydrogen-bond donors (Lipinski definition) is 2. The quantitative estimate of drug-likeness (QED) is 0.841. The monoisotopic (exact) mass is 294 g/mol. The number of hydrogen-bond acceptors (Lipinski definition) is 3. The number of carboxylic acids is 1. The molecular formula is C15H22N2O4. The third-order valence-corrected chi connectivity index (χ3v) is 4.05. The van der Waals surface area contributed by atoms with Gasteiger partial charge in [-0.25, -0.2) is 4.79 Å². The molecule has 2 heterocycles. The largest absolute Gasteiger partial charge is 0.481 e. The average molecular weight is 294 g/mol. The number of likely N-dealkylation sites (tertiary alicyclic amines) is 1. The van der Waals surface area contributed by atoms with Crippen LogP contribution in [0, 0.1) is 5.41 Å². The maximum atomic E-state index is 12.1. The van der Waals surface area contributed by atoms with E-state index in [2.05, 4.69) is 5.32 Å². The van der Waals surface area contributed by atoms with Crippen LogP contribution in [0.25, 0.3) is 0 Å². The van der Waals surface area contributed by atoms with E-state index in [0.717, 1.165) is 12.2 Å². The molecule has 6 nitrogen and oxygen atoms in total. The molecule has 0 bridgehead atoms. The van der Waals surface area contributed by atoms with Gasteiger partial charge in [-0.2, -0.15) is 0 Å². The minimum Gasteiger partial charge on any atom is -0.481 e. The maximum absolute atomic E-state index is 12.1. The number of urea groups is 1. The maximum Gasteiger partial charge on any atom is 0.317 e. The molecule has 0 saturated carbocycles. The summed E-state index contributed by atoms with van der Waals surface area (Å²) in [5.74, 6) is 0.0258. The van der Waals surface area contributed by atoms with E-state index in [-0.39, 0.29) is 6.03 Å². The smallest absolute Gasteiger partial charge is 0.317 e. The summed E-state index contributed by atoms with van der Waals surface area (Å²) in [6.45, 7) is 3.25. The molecule has 0 aromatic carbocycles. The first-order valence-electron chi connectivity index (χ1n) is 7.36. The van der Waals surface area contributed by atoms with Gasteiger partial charge in [0.2, 0.25) is 0 Å². The summed E-state index contributed by atoms with van der Waals surface area (Å²) in [7, 11) is 0. The van der Waals surface area contributed by atoms with Crippen molar-refractivity contribution in [3.05, 3.63) is 24.2 Å². The Labute approximate surface area is 124 Å². The Bertz CT molecular complexity index is 486. The predicted octanol–water partition coefficient (Wildman–Crippen LogP) is 2.11. The Balaban J connectivity index is 1.82. The van der Waals surface area contributed by atoms with Crippen molar-refractivity contribution in [2.75, 3.05) is 19.6 Å². The second-order valence-corrected chi connectivity index (χ2v) is 5.57. The first kappa shape index (κ1) is 15.4. The Morgan fingerprint density at radius 3 is 2.95 bits per heavy atom. The van der Waals surface area contributed by atoms with E-state index >= 15 is 0 Å². The molecule has 116 valence electrons. The van der Waals surface area contributed by atoms with E-state index in [4.69, 9.17) is 4.42 Å². The van der Waals surface area contributed by atoms with Crippen LogP contribution in [0.1, 0.15) is 31.9 Å². The molecule has 2 amide bonds. The normalized spacial score (nSPS) is 21.5. The van der Waals surface area contributed by atoms with Gasteiger partial charge in [0.25, 0.3) is 0 Å². The highest BCUT2D eigenvalue weighted by Gasteiger charge is 2.45. The highest BCUT2D eigenvalue weighted by molar-refractivity contribution is 5.79. The number of furan rings is 1. The van der Waals surface area contributed by atoms with E-state index < -0.39 is 11.4 Å². The Morgan fingerprint density at radius 2 is 2.33 bits per heavy atom. The van der Waals surface area contributed by atoms with Gasteiger partial charge in [-0.1, -0.05) is 13.3 Å². The molecule has 2 N–H and O–H groups in total. The van der Waals surface area contributed by atoms with Crippen molar-refractivity contribution in [2.24, 2.45) is 5.41 Å². The minimum absolute atomic E-state index is 0.194. The molecule has 1 aliphatic rings. The summed E-state index contributed by atoms with van der Waals surface area (Å²) in [4.78, 5) is 25.2. The van der Waals surface area contributed by atoms with E-state index in [0.29, 0.717) is 38.9 Å². The fourth-order valence-corrected chi connectivity index (χ4v) is 2.87. The second-order valence-electron chi connectivity index (χ2n) is 5.57. The molecule has 6 heteroatoms. The molecule has 1 unspecified atom stereocenters. The lowest BCUT2D eigenvalue weighted by atomic mass is 9.83. The lowest BCUT2D eigenvalue weighted by Crippen LogP contribution is -2.42. The summed E-state index contributed by atoms with van der Waals surface area (Å²) in [6, 6.07) is 3.48. The number of carbonyl (C=O) groups is 2. The molecule has 1 fully saturated rings. The topological polar surface area (TPSA) is 82.8 Å². The van der Waals surface area contributed by atoms with Crippen LogP contribution >= 0.6 is 0 Å². The van der Waals surface area contributed by atoms with Crippen molar-refractivity contribution >= 4 is 12.0 Å². The van der Waals surface area contributed by atoms with Gasteiger partial charge in [0, 0.05) is 26.1 Å². The van der Waals surface area contributed by atoms with Gasteiger partial charge < -0.3 is 19.7 Å². The van der Waals surface area contributed by atoms with E-state index in [1.807, 2.05) is 19.1 Å². The first-order valence-corrected chi connectivity index (χ1v) is 7.36. The second kappa shape index (κ2) is 6.65. The first-order chi connectivity index (χ1) is 10.1. The molecule has 0 aliphatic carbocycles. The fraction of sp³-hybridized carbons (Fsp3) is 0.600. The number of amides is 2. The standard InChI is InChI=1S/C15H22N2O4/c1-2-6-15(13(18)19)7-9-17(11-15)14(20)16-8-5-12-4-3-10-21-12/h3-4,10H,2,5-9,11H2,1H3,(H,16,20)(H,18,19). The molecular weight excluding hydrogens is 272 g/mol. The zero-order valence-electron chi connectivity index (χ0n) is 12.3. The number of carboxylic acid groups (broad SMARTS) is 1. The molecule has 1 aromatic rings. The van der Waals surface area contributed by atoms with E-state index in [1.54, 1.807) is 11.2 Å². The molecule has 0 radical (unpaired) electrons. The summed E-state index contributed by atoms with van der Waals surface area (Å²) < 4.78 is 5.19. The summed E-state index contributed by atoms with van der Waals surface area (Å²) in [6.07, 6.45) is 4.18. The summed E-state index contributed by atoms with van der Waals surface area (Å²) in [5, 5.41) is 12.2. The van der Waals surface area contributed by atoms with E-state index in [1.165, 1.54) is 0 Å². The van der Waals surface area contributed by atoms with Gasteiger partial charge in [-0.3, -0.25) is 4.79 Å². The lowest BCUT2D eigenvalue weighted by Gasteiger charge is -2.24. The van der Waals surface area contributed by atoms with E-state index in [9.17, 15) is 14.7 Å². The van der Waals surface area contributed by atoms with Gasteiger partial charge in [0.15, 0.2) is 0 Å². The Hall–Kier alpha value is -1.98. The summed E-state index contributed by atoms with van der Waals surface area (Å²) in [5.41, 5.74) is -0.771. The highest BCUT2D eigenvalue weighted by atomic mass is 16.4. The highest BCUT2D eigenvalue weighted by Crippen LogP contribution is 2.35. The third-order valence-electron chi connectivity index (χ3n) is 4.05. The van der Waals surface area contributed by atoms with Crippen LogP contribution in [0.5, 0.6) is 0 Å². The van der Waals surface area contributed by atoms with Crippen LogP contribution in [0.3, 0.4) is 0 Å². The molecule has 21 heavy (non-hydrogen) atoms. The van der Waals surface area contributed by atoms with Crippen LogP contribution in [-0.4, -0.2) is 41.6 Å². The molecule has 1 saturated heterocycles. The van der Waals surface area contributed by atoms with Gasteiger partial charge in [0.05, 0.1) is 11.7 Å². The number of nitrogens with zero attached hydrogens (tertiary/aromatic N) is 1. The number of nitrogens with one attached hydrogen (secondary N) is 1. The molecule has 1 atom stereocenters. The van der Waals surface area contributed by atoms with Gasteiger partial charge in [0.1, 0.15) is 5.76 Å². The van der Waals surface area contributed by atoms with Crippen LogP contribution in [-0.2, 0) is 11.2 Å². The van der Waals surface area contributed by atoms with Crippen LogP contribution < -0.4 is 5.32 Å². The number of aliphatic carboxylic acids is 1. The Kier molecular flexibility index (Phi) is 4.88. The van der Waals surface area contributed by atoms with Crippen molar-refractivity contribution in [3.63, 3.8) is 0 Å². The third kappa shape index (κ3) is 3.56.